The number of halogens is 3. The van der Waals surface area contributed by atoms with Gasteiger partial charge < -0.3 is 9.47 Å². The standard InChI is InChI=1S/C22H21F3N6O3.H2S/c1-5-34-20(32)15-9-26-30(11-15)21-28-17-10-27-31(18(17)19(29-21)33-4)13(3)14-7-6-12(2)16(8-14)22(23,24)25;/h6-11,13H,5H2,1-4H3;1H2/t13-;/m0./s1. The van der Waals surface area contributed by atoms with Crippen LogP contribution in [0.2, 0.25) is 0 Å². The number of esters is 1. The van der Waals surface area contributed by atoms with Crippen LogP contribution in [0.5, 0.6) is 5.88 Å². The van der Waals surface area contributed by atoms with Gasteiger partial charge in [-0.15, -0.1) is 0 Å². The van der Waals surface area contributed by atoms with E-state index < -0.39 is 23.8 Å². The Labute approximate surface area is 205 Å². The van der Waals surface area contributed by atoms with Crippen molar-refractivity contribution in [2.24, 2.45) is 0 Å². The minimum Gasteiger partial charge on any atom is -0.479 e. The Morgan fingerprint density at radius 2 is 1.91 bits per heavy atom. The number of aromatic nitrogens is 6. The number of carbonyl (C=O) groups excluding carboxylic acids is 1. The van der Waals surface area contributed by atoms with Crippen molar-refractivity contribution in [2.75, 3.05) is 13.7 Å². The smallest absolute Gasteiger partial charge is 0.416 e. The number of carbonyl (C=O) groups is 1. The minimum absolute atomic E-state index is 0. The van der Waals surface area contributed by atoms with E-state index in [-0.39, 0.29) is 43.1 Å². The molecule has 0 aliphatic rings. The van der Waals surface area contributed by atoms with Gasteiger partial charge in [0.2, 0.25) is 5.88 Å². The van der Waals surface area contributed by atoms with Gasteiger partial charge in [0, 0.05) is 6.20 Å². The highest BCUT2D eigenvalue weighted by Gasteiger charge is 2.33. The summed E-state index contributed by atoms with van der Waals surface area (Å²) in [6.07, 6.45) is -0.238. The number of fused-ring (bicyclic) bond motifs is 1. The topological polar surface area (TPSA) is 97.0 Å². The summed E-state index contributed by atoms with van der Waals surface area (Å²) in [5.74, 6) is -0.248. The highest BCUT2D eigenvalue weighted by molar-refractivity contribution is 7.59. The molecule has 0 radical (unpaired) electrons. The fourth-order valence-electron chi connectivity index (χ4n) is 3.56. The molecule has 0 saturated heterocycles. The first-order valence-electron chi connectivity index (χ1n) is 10.3. The number of ether oxygens (including phenoxy) is 2. The molecule has 0 fully saturated rings. The maximum atomic E-state index is 13.4. The lowest BCUT2D eigenvalue weighted by Gasteiger charge is -2.18. The van der Waals surface area contributed by atoms with E-state index in [2.05, 4.69) is 20.2 Å². The molecule has 0 unspecified atom stereocenters. The molecule has 0 amide bonds. The van der Waals surface area contributed by atoms with E-state index in [0.29, 0.717) is 16.6 Å². The lowest BCUT2D eigenvalue weighted by molar-refractivity contribution is -0.138. The zero-order valence-electron chi connectivity index (χ0n) is 19.3. The van der Waals surface area contributed by atoms with Gasteiger partial charge in [0.05, 0.1) is 43.3 Å². The molecule has 4 aromatic rings. The third-order valence-corrected chi connectivity index (χ3v) is 5.31. The van der Waals surface area contributed by atoms with E-state index in [1.54, 1.807) is 19.9 Å². The van der Waals surface area contributed by atoms with Gasteiger partial charge in [-0.2, -0.15) is 41.8 Å². The van der Waals surface area contributed by atoms with Crippen LogP contribution in [0.25, 0.3) is 17.0 Å². The number of hydrogen-bond acceptors (Lipinski definition) is 7. The van der Waals surface area contributed by atoms with E-state index >= 15 is 0 Å². The van der Waals surface area contributed by atoms with Gasteiger partial charge in [-0.3, -0.25) is 4.68 Å². The summed E-state index contributed by atoms with van der Waals surface area (Å²) in [7, 11) is 1.41. The monoisotopic (exact) mass is 508 g/mol. The molecule has 0 bridgehead atoms. The van der Waals surface area contributed by atoms with E-state index in [9.17, 15) is 18.0 Å². The van der Waals surface area contributed by atoms with Crippen molar-refractivity contribution in [3.8, 4) is 11.8 Å². The molecular weight excluding hydrogens is 485 g/mol. The van der Waals surface area contributed by atoms with Crippen LogP contribution in [0.15, 0.2) is 36.8 Å². The van der Waals surface area contributed by atoms with Crippen LogP contribution in [0.1, 0.15) is 46.9 Å². The van der Waals surface area contributed by atoms with Crippen molar-refractivity contribution >= 4 is 30.5 Å². The van der Waals surface area contributed by atoms with Crippen molar-refractivity contribution in [3.05, 3.63) is 59.0 Å². The van der Waals surface area contributed by atoms with Crippen molar-refractivity contribution in [2.45, 2.75) is 33.0 Å². The summed E-state index contributed by atoms with van der Waals surface area (Å²) < 4.78 is 53.4. The van der Waals surface area contributed by atoms with Crippen molar-refractivity contribution in [3.63, 3.8) is 0 Å². The lowest BCUT2D eigenvalue weighted by atomic mass is 10.0. The lowest BCUT2D eigenvalue weighted by Crippen LogP contribution is -2.13. The average molecular weight is 509 g/mol. The van der Waals surface area contributed by atoms with Gasteiger partial charge in [0.1, 0.15) is 11.0 Å². The van der Waals surface area contributed by atoms with Gasteiger partial charge in [0.25, 0.3) is 5.95 Å². The van der Waals surface area contributed by atoms with Crippen LogP contribution >= 0.6 is 13.5 Å². The van der Waals surface area contributed by atoms with Gasteiger partial charge >= 0.3 is 12.1 Å². The summed E-state index contributed by atoms with van der Waals surface area (Å²) in [6, 6.07) is 3.62. The second kappa shape index (κ2) is 9.94. The number of hydrogen-bond donors (Lipinski definition) is 0. The predicted molar refractivity (Wildman–Crippen MR) is 125 cm³/mol. The Morgan fingerprint density at radius 3 is 2.57 bits per heavy atom. The Hall–Kier alpha value is -3.61. The predicted octanol–water partition coefficient (Wildman–Crippen LogP) is 4.25. The molecule has 3 aromatic heterocycles. The Morgan fingerprint density at radius 1 is 1.17 bits per heavy atom. The number of benzene rings is 1. The van der Waals surface area contributed by atoms with Crippen molar-refractivity contribution in [1.29, 1.82) is 0 Å². The second-order valence-electron chi connectivity index (χ2n) is 7.50. The molecular formula is C22H23F3N6O3S. The normalized spacial score (nSPS) is 12.3. The summed E-state index contributed by atoms with van der Waals surface area (Å²) >= 11 is 0. The molecule has 4 rings (SSSR count). The Kier molecular flexibility index (Phi) is 7.38. The zero-order valence-corrected chi connectivity index (χ0v) is 20.3. The fraction of sp³-hybridized carbons (Fsp3) is 0.318. The molecule has 1 atom stereocenters. The van der Waals surface area contributed by atoms with Gasteiger partial charge in [-0.1, -0.05) is 12.1 Å². The van der Waals surface area contributed by atoms with Gasteiger partial charge in [-0.05, 0) is 38.0 Å². The summed E-state index contributed by atoms with van der Waals surface area (Å²) in [4.78, 5) is 20.7. The Balaban J connectivity index is 0.00000342. The largest absolute Gasteiger partial charge is 0.479 e. The molecule has 0 aliphatic carbocycles. The summed E-state index contributed by atoms with van der Waals surface area (Å²) in [5, 5.41) is 8.44. The molecule has 9 nitrogen and oxygen atoms in total. The molecule has 0 spiro atoms. The molecule has 1 aromatic carbocycles. The van der Waals surface area contributed by atoms with E-state index in [4.69, 9.17) is 9.47 Å². The molecule has 186 valence electrons. The Bertz CT molecular complexity index is 1370. The van der Waals surface area contributed by atoms with Crippen LogP contribution in [0.3, 0.4) is 0 Å². The zero-order chi connectivity index (χ0) is 24.6. The van der Waals surface area contributed by atoms with E-state index in [1.807, 2.05) is 0 Å². The molecule has 0 N–H and O–H groups in total. The molecule has 0 saturated carbocycles. The average Bonchev–Trinajstić information content (AvgIpc) is 3.45. The maximum Gasteiger partial charge on any atom is 0.416 e. The first kappa shape index (κ1) is 26.0. The second-order valence-corrected chi connectivity index (χ2v) is 7.50. The highest BCUT2D eigenvalue weighted by atomic mass is 32.1. The third kappa shape index (κ3) is 4.94. The highest BCUT2D eigenvalue weighted by Crippen LogP contribution is 2.35. The summed E-state index contributed by atoms with van der Waals surface area (Å²) in [5.41, 5.74) is 0.889. The van der Waals surface area contributed by atoms with Crippen molar-refractivity contribution < 1.29 is 27.4 Å². The van der Waals surface area contributed by atoms with Crippen molar-refractivity contribution in [1.82, 2.24) is 29.5 Å². The maximum absolute atomic E-state index is 13.4. The molecule has 13 heteroatoms. The van der Waals surface area contributed by atoms with Gasteiger partial charge in [0.15, 0.2) is 0 Å². The first-order valence-corrected chi connectivity index (χ1v) is 10.3. The van der Waals surface area contributed by atoms with Crippen LogP contribution < -0.4 is 4.74 Å². The quantitative estimate of drug-likeness (QED) is 0.359. The number of aryl methyl sites for hydroxylation is 1. The summed E-state index contributed by atoms with van der Waals surface area (Å²) in [6.45, 7) is 5.07. The SMILES string of the molecule is CCOC(=O)c1cnn(-c2nc(OC)c3c(cnn3[C@@H](C)c3ccc(C)c(C(F)(F)F)c3)n2)c1.S. The first-order chi connectivity index (χ1) is 16.1. The number of alkyl halides is 3. The molecule has 3 heterocycles. The van der Waals surface area contributed by atoms with Gasteiger partial charge in [-0.25, -0.2) is 14.5 Å². The fourth-order valence-corrected chi connectivity index (χ4v) is 3.56. The van der Waals surface area contributed by atoms with Crippen LogP contribution in [0.4, 0.5) is 13.2 Å². The van der Waals surface area contributed by atoms with E-state index in [0.717, 1.165) is 6.07 Å². The third-order valence-electron chi connectivity index (χ3n) is 5.31. The number of rotatable bonds is 6. The minimum atomic E-state index is -4.46. The molecule has 0 aliphatic heterocycles. The van der Waals surface area contributed by atoms with Crippen LogP contribution in [-0.2, 0) is 10.9 Å². The number of nitrogens with zero attached hydrogens (tertiary/aromatic N) is 6. The van der Waals surface area contributed by atoms with E-state index in [1.165, 1.54) is 48.1 Å². The number of methoxy groups -OCH3 is 1. The van der Waals surface area contributed by atoms with Crippen LogP contribution in [0, 0.1) is 6.92 Å². The molecule has 35 heavy (non-hydrogen) atoms. The van der Waals surface area contributed by atoms with Crippen LogP contribution in [-0.4, -0.2) is 49.2 Å².